The monoisotopic (exact) mass is 381 g/mol. The summed E-state index contributed by atoms with van der Waals surface area (Å²) < 4.78 is 4.98. The molecule has 1 aromatic carbocycles. The zero-order valence-electron chi connectivity index (χ0n) is 15.7. The summed E-state index contributed by atoms with van der Waals surface area (Å²) in [5.74, 6) is 5.45. The standard InChI is InChI=1S/C14H20N2O4.C4H9N2O/c1-8(2)12(15)13(18)16-11(14(19)20)7-9-3-5-10(17)6-4-9;5-6-1-3-7-4-2-6/h3-6,8,11-12,17H,7,15H2,1-2H3,(H,16,18)(H,19,20);5H,1-4H2/q;-1/t11-,12-;/m0./s1. The van der Waals surface area contributed by atoms with Gasteiger partial charge in [-0.1, -0.05) is 26.0 Å². The number of nitrogens with zero attached hydrogens (tertiary/aromatic N) is 1. The maximum atomic E-state index is 11.8. The Labute approximate surface area is 159 Å². The van der Waals surface area contributed by atoms with Crippen molar-refractivity contribution in [2.45, 2.75) is 32.4 Å². The van der Waals surface area contributed by atoms with Gasteiger partial charge in [-0.05, 0) is 23.6 Å². The van der Waals surface area contributed by atoms with Gasteiger partial charge in [0.1, 0.15) is 11.8 Å². The van der Waals surface area contributed by atoms with Crippen LogP contribution in [0.1, 0.15) is 19.4 Å². The van der Waals surface area contributed by atoms with Gasteiger partial charge in [-0.15, -0.1) is 0 Å². The van der Waals surface area contributed by atoms with Crippen LogP contribution in [0.2, 0.25) is 0 Å². The average molecular weight is 381 g/mol. The van der Waals surface area contributed by atoms with E-state index in [2.05, 4.69) is 5.32 Å². The molecule has 2 rings (SSSR count). The summed E-state index contributed by atoms with van der Waals surface area (Å²) in [5.41, 5.74) is 6.39. The van der Waals surface area contributed by atoms with Crippen LogP contribution in [-0.2, 0) is 20.7 Å². The molecule has 27 heavy (non-hydrogen) atoms. The molecule has 2 atom stereocenters. The van der Waals surface area contributed by atoms with Gasteiger partial charge in [0, 0.05) is 19.5 Å². The number of carboxylic acids is 1. The van der Waals surface area contributed by atoms with Crippen LogP contribution in [0.25, 0.3) is 5.84 Å². The van der Waals surface area contributed by atoms with Gasteiger partial charge in [-0.3, -0.25) is 4.79 Å². The quantitative estimate of drug-likeness (QED) is 0.568. The number of nitrogens with one attached hydrogen (secondary N) is 2. The first-order chi connectivity index (χ1) is 12.7. The van der Waals surface area contributed by atoms with Crippen molar-refractivity contribution in [3.8, 4) is 5.75 Å². The molecule has 0 saturated carbocycles. The van der Waals surface area contributed by atoms with Crippen LogP contribution in [0.4, 0.5) is 0 Å². The van der Waals surface area contributed by atoms with E-state index in [1.54, 1.807) is 26.0 Å². The number of carbonyl (C=O) groups excluding carboxylic acids is 1. The van der Waals surface area contributed by atoms with Crippen molar-refractivity contribution in [2.75, 3.05) is 26.3 Å². The summed E-state index contributed by atoms with van der Waals surface area (Å²) in [7, 11) is 0. The highest BCUT2D eigenvalue weighted by atomic mass is 16.5. The van der Waals surface area contributed by atoms with Crippen molar-refractivity contribution < 1.29 is 24.5 Å². The van der Waals surface area contributed by atoms with E-state index in [4.69, 9.17) is 21.4 Å². The Bertz CT molecular complexity index is 588. The summed E-state index contributed by atoms with van der Waals surface area (Å²) in [6.45, 7) is 6.56. The number of hydrogen-bond acceptors (Lipinski definition) is 6. The lowest BCUT2D eigenvalue weighted by Gasteiger charge is -2.30. The lowest BCUT2D eigenvalue weighted by Crippen LogP contribution is -2.51. The smallest absolute Gasteiger partial charge is 0.326 e. The number of aromatic hydroxyl groups is 1. The highest BCUT2D eigenvalue weighted by molar-refractivity contribution is 5.87. The van der Waals surface area contributed by atoms with Crippen molar-refractivity contribution in [1.82, 2.24) is 10.3 Å². The molecule has 1 heterocycles. The molecule has 0 bridgehead atoms. The minimum Gasteiger partial charge on any atom is -0.609 e. The van der Waals surface area contributed by atoms with Crippen LogP contribution in [0.5, 0.6) is 5.75 Å². The topological polar surface area (TPSA) is 149 Å². The molecule has 0 radical (unpaired) electrons. The Morgan fingerprint density at radius 2 is 1.81 bits per heavy atom. The molecule has 152 valence electrons. The van der Waals surface area contributed by atoms with Crippen molar-refractivity contribution in [2.24, 2.45) is 11.7 Å². The molecule has 1 aliphatic heterocycles. The lowest BCUT2D eigenvalue weighted by atomic mass is 10.0. The van der Waals surface area contributed by atoms with Crippen LogP contribution in [0, 0.1) is 5.92 Å². The number of ether oxygens (including phenoxy) is 1. The van der Waals surface area contributed by atoms with Gasteiger partial charge in [0.25, 0.3) is 0 Å². The molecule has 1 amide bonds. The Morgan fingerprint density at radius 1 is 1.26 bits per heavy atom. The fraction of sp³-hybridized carbons (Fsp3) is 0.556. The number of carbonyl (C=O) groups is 2. The highest BCUT2D eigenvalue weighted by Gasteiger charge is 2.24. The van der Waals surface area contributed by atoms with E-state index < -0.39 is 24.0 Å². The summed E-state index contributed by atoms with van der Waals surface area (Å²) in [4.78, 5) is 23.0. The molecule has 6 N–H and O–H groups in total. The zero-order valence-corrected chi connectivity index (χ0v) is 15.7. The van der Waals surface area contributed by atoms with Crippen molar-refractivity contribution in [3.05, 3.63) is 35.7 Å². The summed E-state index contributed by atoms with van der Waals surface area (Å²) in [5, 5.41) is 22.3. The molecule has 1 fully saturated rings. The number of phenols is 1. The number of carboxylic acid groups (broad SMARTS) is 1. The summed E-state index contributed by atoms with van der Waals surface area (Å²) >= 11 is 0. The van der Waals surface area contributed by atoms with Crippen LogP contribution >= 0.6 is 0 Å². The predicted octanol–water partition coefficient (Wildman–Crippen LogP) is 0.773. The van der Waals surface area contributed by atoms with Crippen molar-refractivity contribution in [3.63, 3.8) is 0 Å². The molecule has 9 heteroatoms. The first-order valence-electron chi connectivity index (χ1n) is 8.81. The van der Waals surface area contributed by atoms with Gasteiger partial charge < -0.3 is 36.9 Å². The maximum Gasteiger partial charge on any atom is 0.326 e. The number of rotatable bonds is 6. The molecule has 0 aromatic heterocycles. The predicted molar refractivity (Wildman–Crippen MR) is 101 cm³/mol. The minimum atomic E-state index is -1.12. The van der Waals surface area contributed by atoms with Crippen molar-refractivity contribution >= 4 is 11.9 Å². The van der Waals surface area contributed by atoms with E-state index in [9.17, 15) is 14.7 Å². The van der Waals surface area contributed by atoms with Gasteiger partial charge in [0.15, 0.2) is 0 Å². The zero-order chi connectivity index (χ0) is 20.4. The van der Waals surface area contributed by atoms with E-state index in [1.165, 1.54) is 17.1 Å². The molecular formula is C18H29N4O5-. The number of nitrogens with two attached hydrogens (primary N) is 1. The molecule has 1 aromatic rings. The minimum absolute atomic E-state index is 0.0712. The van der Waals surface area contributed by atoms with Gasteiger partial charge >= 0.3 is 5.97 Å². The van der Waals surface area contributed by atoms with E-state index in [-0.39, 0.29) is 18.1 Å². The molecule has 9 nitrogen and oxygen atoms in total. The molecule has 1 aliphatic rings. The van der Waals surface area contributed by atoms with Crippen LogP contribution < -0.4 is 11.1 Å². The third-order valence-electron chi connectivity index (χ3n) is 4.02. The van der Waals surface area contributed by atoms with E-state index in [0.717, 1.165) is 26.3 Å². The normalized spacial score (nSPS) is 16.8. The molecule has 1 saturated heterocycles. The lowest BCUT2D eigenvalue weighted by molar-refractivity contribution is -0.142. The number of morpholine rings is 1. The maximum absolute atomic E-state index is 11.8. The van der Waals surface area contributed by atoms with Crippen LogP contribution in [0.15, 0.2) is 24.3 Å². The summed E-state index contributed by atoms with van der Waals surface area (Å²) in [6.07, 6.45) is 0.131. The Morgan fingerprint density at radius 3 is 2.22 bits per heavy atom. The first kappa shape index (κ1) is 22.8. The van der Waals surface area contributed by atoms with E-state index >= 15 is 0 Å². The number of benzene rings is 1. The van der Waals surface area contributed by atoms with Crippen LogP contribution in [0.3, 0.4) is 0 Å². The Balaban J connectivity index is 0.000000433. The largest absolute Gasteiger partial charge is 0.609 e. The van der Waals surface area contributed by atoms with Gasteiger partial charge in [0.05, 0.1) is 19.3 Å². The van der Waals surface area contributed by atoms with Gasteiger partial charge in [0.2, 0.25) is 5.91 Å². The second-order valence-corrected chi connectivity index (χ2v) is 6.64. The SMILES string of the molecule is CC(C)[C@H](N)C(=O)N[C@@H](Cc1ccc(O)cc1)C(=O)O.[NH-]N1CCOCC1. The number of phenolic OH excluding ortho intramolecular Hbond substituents is 1. The fourth-order valence-electron chi connectivity index (χ4n) is 2.20. The number of aliphatic carboxylic acids is 1. The highest BCUT2D eigenvalue weighted by Crippen LogP contribution is 2.11. The van der Waals surface area contributed by atoms with Crippen molar-refractivity contribution in [1.29, 1.82) is 0 Å². The second kappa shape index (κ2) is 11.5. The number of amides is 1. The van der Waals surface area contributed by atoms with Gasteiger partial charge in [-0.25, -0.2) is 4.79 Å². The first-order valence-corrected chi connectivity index (χ1v) is 8.81. The number of hydrogen-bond donors (Lipinski definition) is 4. The molecule has 0 spiro atoms. The average Bonchev–Trinajstić information content (AvgIpc) is 2.63. The van der Waals surface area contributed by atoms with E-state index in [0.29, 0.717) is 5.56 Å². The van der Waals surface area contributed by atoms with Gasteiger partial charge in [-0.2, -0.15) is 0 Å². The Kier molecular flexibility index (Phi) is 9.73. The molecular weight excluding hydrogens is 352 g/mol. The third kappa shape index (κ3) is 8.83. The fourth-order valence-corrected chi connectivity index (χ4v) is 2.20. The Hall–Kier alpha value is -2.20. The third-order valence-corrected chi connectivity index (χ3v) is 4.02. The molecule has 0 aliphatic carbocycles. The van der Waals surface area contributed by atoms with Crippen LogP contribution in [-0.4, -0.2) is 65.5 Å². The molecule has 0 unspecified atom stereocenters. The van der Waals surface area contributed by atoms with E-state index in [1.807, 2.05) is 0 Å². The summed E-state index contributed by atoms with van der Waals surface area (Å²) in [6, 6.07) is 4.37. The second-order valence-electron chi connectivity index (χ2n) is 6.64.